The van der Waals surface area contributed by atoms with Gasteiger partial charge in [0.2, 0.25) is 0 Å². The van der Waals surface area contributed by atoms with Crippen molar-refractivity contribution in [1.82, 2.24) is 9.80 Å². The number of nitrogens with two attached hydrogens (primary N) is 1. The molecule has 4 heteroatoms. The van der Waals surface area contributed by atoms with Gasteiger partial charge in [0.05, 0.1) is 0 Å². The molecule has 0 aromatic carbocycles. The van der Waals surface area contributed by atoms with Crippen LogP contribution in [0.1, 0.15) is 19.3 Å². The second kappa shape index (κ2) is 7.54. The van der Waals surface area contributed by atoms with Gasteiger partial charge in [-0.1, -0.05) is 0 Å². The van der Waals surface area contributed by atoms with Gasteiger partial charge in [-0.25, -0.2) is 0 Å². The van der Waals surface area contributed by atoms with Crippen molar-refractivity contribution in [3.63, 3.8) is 0 Å². The van der Waals surface area contributed by atoms with E-state index in [0.717, 1.165) is 12.6 Å². The van der Waals surface area contributed by atoms with Gasteiger partial charge in [0, 0.05) is 25.2 Å². The van der Waals surface area contributed by atoms with Crippen LogP contribution in [0.15, 0.2) is 0 Å². The third kappa shape index (κ3) is 4.24. The van der Waals surface area contributed by atoms with Gasteiger partial charge >= 0.3 is 0 Å². The Bertz CT molecular complexity index is 187. The van der Waals surface area contributed by atoms with Crippen LogP contribution in [0.25, 0.3) is 0 Å². The third-order valence-electron chi connectivity index (χ3n) is 3.39. The van der Waals surface area contributed by atoms with Crippen LogP contribution in [0, 0.1) is 0 Å². The van der Waals surface area contributed by atoms with E-state index in [9.17, 15) is 0 Å². The zero-order valence-electron chi connectivity index (χ0n) is 11.0. The maximum atomic E-state index is 5.92. The van der Waals surface area contributed by atoms with Gasteiger partial charge in [-0.15, -0.1) is 0 Å². The number of hydrogen-bond donors (Lipinski definition) is 1. The minimum atomic E-state index is 0.597. The molecule has 0 aliphatic carbocycles. The largest absolute Gasteiger partial charge is 0.329 e. The monoisotopic (exact) mass is 245 g/mol. The standard InChI is InChI=1S/C12H27N3S/c1-14(2)10-12-5-4-7-15(12)11(9-13)6-8-16-3/h11-12H,4-10,13H2,1-3H3. The van der Waals surface area contributed by atoms with Crippen LogP contribution in [0.5, 0.6) is 0 Å². The van der Waals surface area contributed by atoms with Crippen molar-refractivity contribution in [3.05, 3.63) is 0 Å². The van der Waals surface area contributed by atoms with Gasteiger partial charge in [0.15, 0.2) is 0 Å². The SMILES string of the molecule is CSCCC(CN)N1CCCC1CN(C)C. The molecule has 1 fully saturated rings. The lowest BCUT2D eigenvalue weighted by Gasteiger charge is -2.33. The van der Waals surface area contributed by atoms with E-state index in [4.69, 9.17) is 5.73 Å². The first-order chi connectivity index (χ1) is 7.69. The van der Waals surface area contributed by atoms with Crippen molar-refractivity contribution in [2.24, 2.45) is 5.73 Å². The van der Waals surface area contributed by atoms with Crippen LogP contribution in [-0.2, 0) is 0 Å². The lowest BCUT2D eigenvalue weighted by atomic mass is 10.1. The van der Waals surface area contributed by atoms with Crippen molar-refractivity contribution in [1.29, 1.82) is 0 Å². The molecule has 0 bridgehead atoms. The van der Waals surface area contributed by atoms with Crippen molar-refractivity contribution in [2.75, 3.05) is 45.7 Å². The maximum Gasteiger partial charge on any atom is 0.0229 e. The van der Waals surface area contributed by atoms with Crippen LogP contribution < -0.4 is 5.73 Å². The van der Waals surface area contributed by atoms with Crippen LogP contribution >= 0.6 is 11.8 Å². The van der Waals surface area contributed by atoms with E-state index in [1.807, 2.05) is 11.8 Å². The topological polar surface area (TPSA) is 32.5 Å². The quantitative estimate of drug-likeness (QED) is 0.728. The number of hydrogen-bond acceptors (Lipinski definition) is 4. The Balaban J connectivity index is 2.46. The summed E-state index contributed by atoms with van der Waals surface area (Å²) in [4.78, 5) is 4.95. The van der Waals surface area contributed by atoms with Crippen molar-refractivity contribution in [3.8, 4) is 0 Å². The lowest BCUT2D eigenvalue weighted by molar-refractivity contribution is 0.153. The highest BCUT2D eigenvalue weighted by Gasteiger charge is 2.29. The van der Waals surface area contributed by atoms with Gasteiger partial charge in [-0.3, -0.25) is 4.90 Å². The first kappa shape index (κ1) is 14.3. The summed E-state index contributed by atoms with van der Waals surface area (Å²) in [5.74, 6) is 1.23. The molecule has 0 aromatic heterocycles. The number of rotatable bonds is 7. The number of thioether (sulfide) groups is 1. The molecular formula is C12H27N3S. The fourth-order valence-corrected chi connectivity index (χ4v) is 3.14. The van der Waals surface area contributed by atoms with Crippen LogP contribution in [0.4, 0.5) is 0 Å². The van der Waals surface area contributed by atoms with Crippen LogP contribution in [-0.4, -0.2) is 67.6 Å². The molecule has 2 atom stereocenters. The average molecular weight is 245 g/mol. The molecular weight excluding hydrogens is 218 g/mol. The zero-order chi connectivity index (χ0) is 12.0. The first-order valence-electron chi connectivity index (χ1n) is 6.28. The zero-order valence-corrected chi connectivity index (χ0v) is 11.8. The minimum absolute atomic E-state index is 0.597. The summed E-state index contributed by atoms with van der Waals surface area (Å²) in [7, 11) is 4.33. The van der Waals surface area contributed by atoms with Crippen molar-refractivity contribution < 1.29 is 0 Å². The minimum Gasteiger partial charge on any atom is -0.329 e. The fourth-order valence-electron chi connectivity index (χ4n) is 2.63. The first-order valence-corrected chi connectivity index (χ1v) is 7.68. The molecule has 0 amide bonds. The van der Waals surface area contributed by atoms with Crippen LogP contribution in [0.3, 0.4) is 0 Å². The number of likely N-dealkylation sites (tertiary alicyclic amines) is 1. The molecule has 0 saturated carbocycles. The third-order valence-corrected chi connectivity index (χ3v) is 4.04. The Labute approximate surface area is 105 Å². The molecule has 1 saturated heterocycles. The summed E-state index contributed by atoms with van der Waals surface area (Å²) >= 11 is 1.93. The van der Waals surface area contributed by atoms with Crippen molar-refractivity contribution in [2.45, 2.75) is 31.3 Å². The number of nitrogens with zero attached hydrogens (tertiary/aromatic N) is 2. The van der Waals surface area contributed by atoms with E-state index in [0.29, 0.717) is 6.04 Å². The molecule has 1 aliphatic heterocycles. The van der Waals surface area contributed by atoms with E-state index in [1.54, 1.807) is 0 Å². The smallest absolute Gasteiger partial charge is 0.0229 e. The highest BCUT2D eigenvalue weighted by atomic mass is 32.2. The van der Waals surface area contributed by atoms with Gasteiger partial charge < -0.3 is 10.6 Å². The van der Waals surface area contributed by atoms with E-state index >= 15 is 0 Å². The molecule has 0 spiro atoms. The Kier molecular flexibility index (Phi) is 6.73. The molecule has 0 radical (unpaired) electrons. The van der Waals surface area contributed by atoms with Crippen molar-refractivity contribution >= 4 is 11.8 Å². The predicted octanol–water partition coefficient (Wildman–Crippen LogP) is 1.09. The molecule has 0 aromatic rings. The summed E-state index contributed by atoms with van der Waals surface area (Å²) in [6.45, 7) is 3.23. The normalized spacial score (nSPS) is 24.2. The molecule has 3 nitrogen and oxygen atoms in total. The van der Waals surface area contributed by atoms with Gasteiger partial charge in [0.1, 0.15) is 0 Å². The summed E-state index contributed by atoms with van der Waals surface area (Å²) < 4.78 is 0. The Morgan fingerprint density at radius 3 is 2.81 bits per heavy atom. The second-order valence-electron chi connectivity index (χ2n) is 4.97. The van der Waals surface area contributed by atoms with Gasteiger partial charge in [-0.05, 0) is 51.9 Å². The van der Waals surface area contributed by atoms with E-state index in [1.165, 1.54) is 38.1 Å². The molecule has 1 aliphatic rings. The molecule has 2 N–H and O–H groups in total. The molecule has 2 unspecified atom stereocenters. The van der Waals surface area contributed by atoms with Crippen LogP contribution in [0.2, 0.25) is 0 Å². The maximum absolute atomic E-state index is 5.92. The second-order valence-corrected chi connectivity index (χ2v) is 5.95. The number of likely N-dealkylation sites (N-methyl/N-ethyl adjacent to an activating group) is 1. The highest BCUT2D eigenvalue weighted by molar-refractivity contribution is 7.98. The highest BCUT2D eigenvalue weighted by Crippen LogP contribution is 2.22. The summed E-state index contributed by atoms with van der Waals surface area (Å²) in [5, 5.41) is 0. The molecule has 16 heavy (non-hydrogen) atoms. The Morgan fingerprint density at radius 1 is 1.50 bits per heavy atom. The summed E-state index contributed by atoms with van der Waals surface area (Å²) in [6.07, 6.45) is 6.10. The van der Waals surface area contributed by atoms with E-state index < -0.39 is 0 Å². The summed E-state index contributed by atoms with van der Waals surface area (Å²) in [6, 6.07) is 1.32. The molecule has 96 valence electrons. The molecule has 1 heterocycles. The Hall–Kier alpha value is 0.230. The van der Waals surface area contributed by atoms with E-state index in [-0.39, 0.29) is 0 Å². The van der Waals surface area contributed by atoms with E-state index in [2.05, 4.69) is 30.2 Å². The Morgan fingerprint density at radius 2 is 2.25 bits per heavy atom. The predicted molar refractivity (Wildman–Crippen MR) is 74.1 cm³/mol. The molecule has 1 rings (SSSR count). The van der Waals surface area contributed by atoms with Gasteiger partial charge in [0.25, 0.3) is 0 Å². The summed E-state index contributed by atoms with van der Waals surface area (Å²) in [5.41, 5.74) is 5.92. The average Bonchev–Trinajstić information content (AvgIpc) is 2.67. The lowest BCUT2D eigenvalue weighted by Crippen LogP contribution is -2.47. The fraction of sp³-hybridized carbons (Fsp3) is 1.00. The van der Waals surface area contributed by atoms with Gasteiger partial charge in [-0.2, -0.15) is 11.8 Å².